The summed E-state index contributed by atoms with van der Waals surface area (Å²) in [5.41, 5.74) is 3.72. The van der Waals surface area contributed by atoms with Crippen LogP contribution in [0.15, 0.2) is 5.16 Å². The third-order valence-electron chi connectivity index (χ3n) is 3.13. The highest BCUT2D eigenvalue weighted by Crippen LogP contribution is 2.27. The quantitative estimate of drug-likeness (QED) is 0.501. The molecule has 1 aliphatic carbocycles. The first-order valence-corrected chi connectivity index (χ1v) is 6.09. The number of methoxy groups -OCH3 is 1. The lowest BCUT2D eigenvalue weighted by atomic mass is 9.93. The van der Waals surface area contributed by atoms with E-state index in [1.165, 1.54) is 14.0 Å². The largest absolute Gasteiger partial charge is 0.464 e. The first kappa shape index (κ1) is 13.3. The molecule has 0 bridgehead atoms. The number of aryl methyl sites for hydroxylation is 1. The van der Waals surface area contributed by atoms with Gasteiger partial charge in [-0.1, -0.05) is 5.16 Å². The van der Waals surface area contributed by atoms with Crippen molar-refractivity contribution in [2.45, 2.75) is 33.1 Å². The predicted octanol–water partition coefficient (Wildman–Crippen LogP) is 1.71. The Labute approximate surface area is 110 Å². The summed E-state index contributed by atoms with van der Waals surface area (Å²) in [6.07, 6.45) is 2.46. The standard InChI is InChI=1S/C13H16N2O4/c1-7-11-9(14-12(7)13(17)18-3)5-4-6-10(11)15-19-8(2)16/h14H,4-6H2,1-3H3/b15-10-. The molecule has 0 amide bonds. The highest BCUT2D eigenvalue weighted by Gasteiger charge is 2.26. The molecule has 6 heteroatoms. The number of ether oxygens (including phenoxy) is 1. The van der Waals surface area contributed by atoms with Gasteiger partial charge >= 0.3 is 11.9 Å². The lowest BCUT2D eigenvalue weighted by molar-refractivity contribution is -0.140. The van der Waals surface area contributed by atoms with Crippen LogP contribution >= 0.6 is 0 Å². The van der Waals surface area contributed by atoms with Gasteiger partial charge in [-0.2, -0.15) is 0 Å². The van der Waals surface area contributed by atoms with Crippen LogP contribution in [0.3, 0.4) is 0 Å². The summed E-state index contributed by atoms with van der Waals surface area (Å²) in [4.78, 5) is 30.3. The molecule has 102 valence electrons. The second kappa shape index (κ2) is 5.26. The first-order valence-electron chi connectivity index (χ1n) is 6.09. The second-order valence-electron chi connectivity index (χ2n) is 4.44. The summed E-state index contributed by atoms with van der Waals surface area (Å²) >= 11 is 0. The molecule has 0 aromatic carbocycles. The van der Waals surface area contributed by atoms with Gasteiger partial charge in [-0.25, -0.2) is 9.59 Å². The van der Waals surface area contributed by atoms with Gasteiger partial charge in [0.1, 0.15) is 5.69 Å². The fourth-order valence-electron chi connectivity index (χ4n) is 2.31. The van der Waals surface area contributed by atoms with Crippen LogP contribution in [0.25, 0.3) is 0 Å². The predicted molar refractivity (Wildman–Crippen MR) is 68.1 cm³/mol. The van der Waals surface area contributed by atoms with Gasteiger partial charge in [-0.15, -0.1) is 0 Å². The zero-order valence-corrected chi connectivity index (χ0v) is 11.2. The molecule has 0 spiro atoms. The molecule has 0 atom stereocenters. The third-order valence-corrected chi connectivity index (χ3v) is 3.13. The lowest BCUT2D eigenvalue weighted by Gasteiger charge is -2.13. The van der Waals surface area contributed by atoms with Gasteiger partial charge < -0.3 is 14.6 Å². The minimum atomic E-state index is -0.457. The zero-order chi connectivity index (χ0) is 14.0. The van der Waals surface area contributed by atoms with Crippen LogP contribution in [0, 0.1) is 6.92 Å². The van der Waals surface area contributed by atoms with E-state index in [0.29, 0.717) is 11.4 Å². The number of esters is 1. The molecule has 0 aliphatic heterocycles. The van der Waals surface area contributed by atoms with Crippen molar-refractivity contribution in [2.75, 3.05) is 7.11 Å². The number of hydrogen-bond acceptors (Lipinski definition) is 5. The minimum absolute atomic E-state index is 0.404. The van der Waals surface area contributed by atoms with Crippen molar-refractivity contribution in [2.24, 2.45) is 5.16 Å². The Hall–Kier alpha value is -2.11. The molecule has 1 aromatic heterocycles. The van der Waals surface area contributed by atoms with Gasteiger partial charge in [0, 0.05) is 18.2 Å². The van der Waals surface area contributed by atoms with E-state index in [4.69, 9.17) is 9.57 Å². The maximum absolute atomic E-state index is 11.6. The Kier molecular flexibility index (Phi) is 3.69. The number of hydrogen-bond donors (Lipinski definition) is 1. The van der Waals surface area contributed by atoms with Gasteiger partial charge in [0.05, 0.1) is 12.8 Å². The summed E-state index contributed by atoms with van der Waals surface area (Å²) in [5.74, 6) is -0.861. The molecule has 0 fully saturated rings. The number of aromatic amines is 1. The summed E-state index contributed by atoms with van der Waals surface area (Å²) in [6.45, 7) is 3.13. The summed E-state index contributed by atoms with van der Waals surface area (Å²) in [5, 5.41) is 3.88. The SMILES string of the molecule is COC(=O)c1[nH]c2c(c1C)/C(=N\OC(C)=O)CCC2. The van der Waals surface area contributed by atoms with E-state index in [2.05, 4.69) is 10.1 Å². The molecule has 0 radical (unpaired) electrons. The van der Waals surface area contributed by atoms with Gasteiger partial charge in [0.2, 0.25) is 0 Å². The van der Waals surface area contributed by atoms with Crippen molar-refractivity contribution in [1.82, 2.24) is 4.98 Å². The topological polar surface area (TPSA) is 80.8 Å². The molecule has 1 aromatic rings. The summed E-state index contributed by atoms with van der Waals surface area (Å²) in [6, 6.07) is 0. The number of H-pyrrole nitrogens is 1. The average Bonchev–Trinajstić information content (AvgIpc) is 2.73. The Morgan fingerprint density at radius 3 is 2.68 bits per heavy atom. The smallest absolute Gasteiger partial charge is 0.354 e. The van der Waals surface area contributed by atoms with Crippen LogP contribution in [0.5, 0.6) is 0 Å². The summed E-state index contributed by atoms with van der Waals surface area (Å²) in [7, 11) is 1.34. The van der Waals surface area contributed by atoms with Gasteiger partial charge in [0.25, 0.3) is 0 Å². The molecule has 2 rings (SSSR count). The highest BCUT2D eigenvalue weighted by atomic mass is 16.7. The van der Waals surface area contributed by atoms with Gasteiger partial charge in [0.15, 0.2) is 0 Å². The van der Waals surface area contributed by atoms with Gasteiger partial charge in [-0.05, 0) is 31.7 Å². The first-order chi connectivity index (χ1) is 9.04. The van der Waals surface area contributed by atoms with Crippen molar-refractivity contribution < 1.29 is 19.2 Å². The number of aromatic nitrogens is 1. The molecular formula is C13H16N2O4. The monoisotopic (exact) mass is 264 g/mol. The molecule has 1 aliphatic rings. The number of nitrogens with one attached hydrogen (secondary N) is 1. The Balaban J connectivity index is 2.43. The Bertz CT molecular complexity index is 557. The van der Waals surface area contributed by atoms with Crippen LogP contribution in [0.4, 0.5) is 0 Å². The second-order valence-corrected chi connectivity index (χ2v) is 4.44. The van der Waals surface area contributed by atoms with E-state index in [1.807, 2.05) is 6.92 Å². The van der Waals surface area contributed by atoms with E-state index >= 15 is 0 Å². The van der Waals surface area contributed by atoms with E-state index in [9.17, 15) is 9.59 Å². The number of rotatable bonds is 2. The lowest BCUT2D eigenvalue weighted by Crippen LogP contribution is -2.13. The number of nitrogens with zero attached hydrogens (tertiary/aromatic N) is 1. The average molecular weight is 264 g/mol. The molecule has 1 N–H and O–H groups in total. The van der Waals surface area contributed by atoms with E-state index in [0.717, 1.165) is 36.1 Å². The number of carbonyl (C=O) groups is 2. The maximum Gasteiger partial charge on any atom is 0.354 e. The Morgan fingerprint density at radius 1 is 1.32 bits per heavy atom. The van der Waals surface area contributed by atoms with E-state index in [-0.39, 0.29) is 0 Å². The van der Waals surface area contributed by atoms with Crippen LogP contribution < -0.4 is 0 Å². The van der Waals surface area contributed by atoms with Crippen molar-refractivity contribution >= 4 is 17.7 Å². The Morgan fingerprint density at radius 2 is 2.05 bits per heavy atom. The third kappa shape index (κ3) is 2.52. The fraction of sp³-hybridized carbons (Fsp3) is 0.462. The van der Waals surface area contributed by atoms with Crippen molar-refractivity contribution in [3.05, 3.63) is 22.5 Å². The van der Waals surface area contributed by atoms with Crippen molar-refractivity contribution in [1.29, 1.82) is 0 Å². The van der Waals surface area contributed by atoms with Crippen LogP contribution in [0.2, 0.25) is 0 Å². The van der Waals surface area contributed by atoms with Crippen LogP contribution in [-0.2, 0) is 20.8 Å². The number of oxime groups is 1. The van der Waals surface area contributed by atoms with Crippen LogP contribution in [-0.4, -0.2) is 29.7 Å². The van der Waals surface area contributed by atoms with E-state index < -0.39 is 11.9 Å². The molecule has 0 saturated carbocycles. The van der Waals surface area contributed by atoms with Crippen molar-refractivity contribution in [3.8, 4) is 0 Å². The van der Waals surface area contributed by atoms with Crippen molar-refractivity contribution in [3.63, 3.8) is 0 Å². The van der Waals surface area contributed by atoms with E-state index in [1.54, 1.807) is 0 Å². The minimum Gasteiger partial charge on any atom is -0.464 e. The molecule has 0 unspecified atom stereocenters. The number of fused-ring (bicyclic) bond motifs is 1. The van der Waals surface area contributed by atoms with Gasteiger partial charge in [-0.3, -0.25) is 0 Å². The maximum atomic E-state index is 11.6. The molecule has 6 nitrogen and oxygen atoms in total. The molecule has 1 heterocycles. The molecule has 19 heavy (non-hydrogen) atoms. The van der Waals surface area contributed by atoms with Crippen LogP contribution in [0.1, 0.15) is 47.1 Å². The number of carbonyl (C=O) groups excluding carboxylic acids is 2. The normalized spacial score (nSPS) is 16.1. The molecular weight excluding hydrogens is 248 g/mol. The fourth-order valence-corrected chi connectivity index (χ4v) is 2.31. The zero-order valence-electron chi connectivity index (χ0n) is 11.2. The highest BCUT2D eigenvalue weighted by molar-refractivity contribution is 6.06. The molecule has 0 saturated heterocycles. The summed E-state index contributed by atoms with van der Waals surface area (Å²) < 4.78 is 4.73.